The fraction of sp³-hybridized carbons (Fsp3) is 0.381. The molecule has 4 aromatic rings. The van der Waals surface area contributed by atoms with Gasteiger partial charge in [0.1, 0.15) is 0 Å². The molecule has 0 amide bonds. The lowest BCUT2D eigenvalue weighted by atomic mass is 10.1. The summed E-state index contributed by atoms with van der Waals surface area (Å²) >= 11 is 0. The highest BCUT2D eigenvalue weighted by molar-refractivity contribution is 5.75. The molecule has 3 aromatic heterocycles. The molecule has 0 fully saturated rings. The molecule has 0 radical (unpaired) electrons. The SMILES string of the molecule is Cc1cn2c3c(=O)n(CC(C)C)c(=O)n(C)c3nc2n1C(C)c1ccccc1. The van der Waals surface area contributed by atoms with Crippen molar-refractivity contribution >= 4 is 16.9 Å². The summed E-state index contributed by atoms with van der Waals surface area (Å²) in [6.07, 6.45) is 1.93. The molecule has 4 rings (SSSR count). The van der Waals surface area contributed by atoms with Crippen molar-refractivity contribution in [2.45, 2.75) is 40.3 Å². The summed E-state index contributed by atoms with van der Waals surface area (Å²) in [5, 5.41) is 0. The second kappa shape index (κ2) is 6.51. The molecule has 1 atom stereocenters. The summed E-state index contributed by atoms with van der Waals surface area (Å²) in [5.74, 6) is 0.856. The van der Waals surface area contributed by atoms with E-state index in [1.165, 1.54) is 9.13 Å². The first-order valence-corrected chi connectivity index (χ1v) is 9.55. The molecular formula is C21H25N5O2. The summed E-state index contributed by atoms with van der Waals surface area (Å²) in [5.41, 5.74) is 2.40. The summed E-state index contributed by atoms with van der Waals surface area (Å²) in [4.78, 5) is 30.6. The lowest BCUT2D eigenvalue weighted by molar-refractivity contribution is 0.484. The predicted molar refractivity (Wildman–Crippen MR) is 110 cm³/mol. The van der Waals surface area contributed by atoms with Gasteiger partial charge in [0.05, 0.1) is 6.04 Å². The van der Waals surface area contributed by atoms with Crippen molar-refractivity contribution in [2.75, 3.05) is 0 Å². The molecule has 0 spiro atoms. The van der Waals surface area contributed by atoms with Crippen molar-refractivity contribution in [2.24, 2.45) is 13.0 Å². The molecule has 7 nitrogen and oxygen atoms in total. The minimum Gasteiger partial charge on any atom is -0.307 e. The fourth-order valence-corrected chi connectivity index (χ4v) is 3.91. The molecule has 0 aliphatic carbocycles. The van der Waals surface area contributed by atoms with Gasteiger partial charge in [-0.05, 0) is 25.3 Å². The normalized spacial score (nSPS) is 13.1. The van der Waals surface area contributed by atoms with Crippen molar-refractivity contribution < 1.29 is 0 Å². The van der Waals surface area contributed by atoms with Gasteiger partial charge >= 0.3 is 5.69 Å². The van der Waals surface area contributed by atoms with Gasteiger partial charge in [-0.2, -0.15) is 4.98 Å². The zero-order chi connectivity index (χ0) is 20.2. The van der Waals surface area contributed by atoms with E-state index < -0.39 is 0 Å². The highest BCUT2D eigenvalue weighted by Crippen LogP contribution is 2.25. The molecule has 0 saturated heterocycles. The first kappa shape index (κ1) is 18.3. The molecular weight excluding hydrogens is 354 g/mol. The van der Waals surface area contributed by atoms with Crippen LogP contribution < -0.4 is 11.2 Å². The van der Waals surface area contributed by atoms with E-state index in [1.807, 2.05) is 49.6 Å². The fourth-order valence-electron chi connectivity index (χ4n) is 3.91. The molecule has 1 aromatic carbocycles. The van der Waals surface area contributed by atoms with Gasteiger partial charge < -0.3 is 4.57 Å². The highest BCUT2D eigenvalue weighted by atomic mass is 16.2. The Morgan fingerprint density at radius 2 is 1.75 bits per heavy atom. The van der Waals surface area contributed by atoms with E-state index >= 15 is 0 Å². The van der Waals surface area contributed by atoms with Crippen LogP contribution in [-0.2, 0) is 13.6 Å². The third kappa shape index (κ3) is 2.61. The van der Waals surface area contributed by atoms with E-state index in [-0.39, 0.29) is 23.2 Å². The van der Waals surface area contributed by atoms with Crippen LogP contribution in [0.4, 0.5) is 0 Å². The quantitative estimate of drug-likeness (QED) is 0.548. The summed E-state index contributed by atoms with van der Waals surface area (Å²) < 4.78 is 6.71. The van der Waals surface area contributed by atoms with Crippen molar-refractivity contribution in [1.29, 1.82) is 0 Å². The first-order chi connectivity index (χ1) is 13.3. The number of nitrogens with zero attached hydrogens (tertiary/aromatic N) is 5. The Morgan fingerprint density at radius 1 is 1.07 bits per heavy atom. The smallest absolute Gasteiger partial charge is 0.307 e. The van der Waals surface area contributed by atoms with Gasteiger partial charge in [-0.1, -0.05) is 44.2 Å². The maximum absolute atomic E-state index is 13.2. The predicted octanol–water partition coefficient (Wildman–Crippen LogP) is 2.72. The molecule has 146 valence electrons. The molecule has 0 aliphatic rings. The van der Waals surface area contributed by atoms with Crippen LogP contribution in [0.2, 0.25) is 0 Å². The number of hydrogen-bond donors (Lipinski definition) is 0. The van der Waals surface area contributed by atoms with E-state index in [0.717, 1.165) is 11.3 Å². The molecule has 0 aliphatic heterocycles. The molecule has 3 heterocycles. The minimum absolute atomic E-state index is 0.0467. The van der Waals surface area contributed by atoms with Crippen LogP contribution >= 0.6 is 0 Å². The average Bonchev–Trinajstić information content (AvgIpc) is 3.18. The van der Waals surface area contributed by atoms with Gasteiger partial charge in [0.2, 0.25) is 5.78 Å². The van der Waals surface area contributed by atoms with Crippen LogP contribution in [-0.4, -0.2) is 23.1 Å². The molecule has 0 saturated carbocycles. The van der Waals surface area contributed by atoms with E-state index in [4.69, 9.17) is 4.98 Å². The third-order valence-corrected chi connectivity index (χ3v) is 5.29. The zero-order valence-corrected chi connectivity index (χ0v) is 16.9. The van der Waals surface area contributed by atoms with Crippen LogP contribution in [0.25, 0.3) is 16.9 Å². The van der Waals surface area contributed by atoms with Gasteiger partial charge in [-0.3, -0.25) is 18.3 Å². The zero-order valence-electron chi connectivity index (χ0n) is 16.9. The van der Waals surface area contributed by atoms with E-state index in [0.29, 0.717) is 23.5 Å². The van der Waals surface area contributed by atoms with Gasteiger partial charge in [0.25, 0.3) is 5.56 Å². The van der Waals surface area contributed by atoms with Crippen LogP contribution in [0.1, 0.15) is 38.1 Å². The summed E-state index contributed by atoms with van der Waals surface area (Å²) in [6.45, 7) is 8.48. The standard InChI is InChI=1S/C21H25N5O2/c1-13(2)11-25-19(27)17-18(23(5)21(25)28)22-20-24(17)12-14(3)26(20)15(4)16-9-7-6-8-10-16/h6-10,12-13,15H,11H2,1-5H3. The number of aryl methyl sites for hydroxylation is 2. The number of fused-ring (bicyclic) bond motifs is 3. The maximum Gasteiger partial charge on any atom is 0.332 e. The Morgan fingerprint density at radius 3 is 2.39 bits per heavy atom. The Kier molecular flexibility index (Phi) is 4.25. The van der Waals surface area contributed by atoms with Crippen LogP contribution in [0.15, 0.2) is 46.1 Å². The Labute approximate surface area is 162 Å². The van der Waals surface area contributed by atoms with Gasteiger partial charge in [-0.25, -0.2) is 4.79 Å². The second-order valence-electron chi connectivity index (χ2n) is 7.83. The lowest BCUT2D eigenvalue weighted by Crippen LogP contribution is -2.40. The molecule has 28 heavy (non-hydrogen) atoms. The average molecular weight is 379 g/mol. The number of imidazole rings is 2. The van der Waals surface area contributed by atoms with Crippen LogP contribution in [0, 0.1) is 12.8 Å². The van der Waals surface area contributed by atoms with E-state index in [2.05, 4.69) is 23.6 Å². The second-order valence-corrected chi connectivity index (χ2v) is 7.83. The largest absolute Gasteiger partial charge is 0.332 e. The molecule has 1 unspecified atom stereocenters. The first-order valence-electron chi connectivity index (χ1n) is 9.55. The lowest BCUT2D eigenvalue weighted by Gasteiger charge is -2.16. The number of hydrogen-bond acceptors (Lipinski definition) is 3. The Hall–Kier alpha value is -3.09. The number of benzene rings is 1. The summed E-state index contributed by atoms with van der Waals surface area (Å²) in [6, 6.07) is 10.2. The van der Waals surface area contributed by atoms with Gasteiger partial charge in [-0.15, -0.1) is 0 Å². The van der Waals surface area contributed by atoms with Gasteiger partial charge in [0.15, 0.2) is 11.2 Å². The van der Waals surface area contributed by atoms with Crippen molar-refractivity contribution in [3.05, 3.63) is 68.6 Å². The van der Waals surface area contributed by atoms with E-state index in [9.17, 15) is 9.59 Å². The molecule has 7 heteroatoms. The monoisotopic (exact) mass is 379 g/mol. The van der Waals surface area contributed by atoms with E-state index in [1.54, 1.807) is 7.05 Å². The van der Waals surface area contributed by atoms with Crippen molar-refractivity contribution in [3.8, 4) is 0 Å². The third-order valence-electron chi connectivity index (χ3n) is 5.29. The number of aromatic nitrogens is 5. The Bertz CT molecular complexity index is 1290. The Balaban J connectivity index is 2.04. The van der Waals surface area contributed by atoms with Crippen molar-refractivity contribution in [3.63, 3.8) is 0 Å². The van der Waals surface area contributed by atoms with Crippen LogP contribution in [0.3, 0.4) is 0 Å². The van der Waals surface area contributed by atoms with Crippen LogP contribution in [0.5, 0.6) is 0 Å². The summed E-state index contributed by atoms with van der Waals surface area (Å²) in [7, 11) is 1.67. The minimum atomic E-state index is -0.327. The number of rotatable bonds is 4. The topological polar surface area (TPSA) is 66.2 Å². The molecule has 0 N–H and O–H groups in total. The maximum atomic E-state index is 13.2. The highest BCUT2D eigenvalue weighted by Gasteiger charge is 2.22. The van der Waals surface area contributed by atoms with Crippen molar-refractivity contribution in [1.82, 2.24) is 23.1 Å². The van der Waals surface area contributed by atoms with Gasteiger partial charge in [0, 0.05) is 25.5 Å². The molecule has 0 bridgehead atoms.